The van der Waals surface area contributed by atoms with Crippen molar-refractivity contribution in [1.82, 2.24) is 9.55 Å². The maximum atomic E-state index is 14.2. The Morgan fingerprint density at radius 1 is 1.22 bits per heavy atom. The van der Waals surface area contributed by atoms with E-state index in [0.717, 1.165) is 36.3 Å². The first-order valence-corrected chi connectivity index (χ1v) is 8.11. The van der Waals surface area contributed by atoms with Crippen molar-refractivity contribution in [3.05, 3.63) is 64.7 Å². The summed E-state index contributed by atoms with van der Waals surface area (Å²) in [5.74, 6) is 0.552. The zero-order chi connectivity index (χ0) is 15.8. The molecule has 3 aromatic rings. The number of benzene rings is 2. The highest BCUT2D eigenvalue weighted by Gasteiger charge is 2.25. The zero-order valence-corrected chi connectivity index (χ0v) is 13.3. The van der Waals surface area contributed by atoms with Gasteiger partial charge < -0.3 is 9.30 Å². The summed E-state index contributed by atoms with van der Waals surface area (Å²) in [6.45, 7) is 1.09. The summed E-state index contributed by atoms with van der Waals surface area (Å²) in [4.78, 5) is 4.72. The fourth-order valence-electron chi connectivity index (χ4n) is 3.13. The third-order valence-corrected chi connectivity index (χ3v) is 4.63. The van der Waals surface area contributed by atoms with Crippen molar-refractivity contribution >= 4 is 22.6 Å². The highest BCUT2D eigenvalue weighted by Crippen LogP contribution is 2.32. The predicted molar refractivity (Wildman–Crippen MR) is 88.2 cm³/mol. The van der Waals surface area contributed by atoms with E-state index in [9.17, 15) is 4.39 Å². The minimum Gasteiger partial charge on any atom is -0.370 e. The molecule has 1 fully saturated rings. The van der Waals surface area contributed by atoms with Crippen LogP contribution in [0.15, 0.2) is 42.5 Å². The SMILES string of the molecule is Fc1cccc(Cl)c1Cn1c([C@H]2CCCO2)nc2ccccc21. The van der Waals surface area contributed by atoms with Crippen LogP contribution in [0.1, 0.15) is 30.3 Å². The second-order valence-corrected chi connectivity index (χ2v) is 6.15. The van der Waals surface area contributed by atoms with Gasteiger partial charge in [-0.05, 0) is 37.1 Å². The van der Waals surface area contributed by atoms with E-state index >= 15 is 0 Å². The van der Waals surface area contributed by atoms with Gasteiger partial charge in [0.2, 0.25) is 0 Å². The normalized spacial score (nSPS) is 17.9. The van der Waals surface area contributed by atoms with Gasteiger partial charge in [0.25, 0.3) is 0 Å². The predicted octanol–water partition coefficient (Wildman–Crippen LogP) is 4.73. The molecule has 1 aliphatic heterocycles. The average Bonchev–Trinajstić information content (AvgIpc) is 3.19. The Hall–Kier alpha value is -1.91. The largest absolute Gasteiger partial charge is 0.370 e. The molecule has 0 N–H and O–H groups in total. The number of fused-ring (bicyclic) bond motifs is 1. The van der Waals surface area contributed by atoms with Gasteiger partial charge in [0.1, 0.15) is 17.7 Å². The number of para-hydroxylation sites is 2. The van der Waals surface area contributed by atoms with Gasteiger partial charge in [-0.25, -0.2) is 9.37 Å². The van der Waals surface area contributed by atoms with E-state index in [-0.39, 0.29) is 11.9 Å². The first-order chi connectivity index (χ1) is 11.2. The van der Waals surface area contributed by atoms with Crippen molar-refractivity contribution in [2.24, 2.45) is 0 Å². The molecule has 1 aromatic heterocycles. The van der Waals surface area contributed by atoms with E-state index in [1.54, 1.807) is 12.1 Å². The molecule has 0 spiro atoms. The lowest BCUT2D eigenvalue weighted by molar-refractivity contribution is 0.103. The Kier molecular flexibility index (Phi) is 3.79. The van der Waals surface area contributed by atoms with Crippen molar-refractivity contribution < 1.29 is 9.13 Å². The molecule has 0 amide bonds. The Bertz CT molecular complexity index is 835. The van der Waals surface area contributed by atoms with Gasteiger partial charge in [-0.15, -0.1) is 0 Å². The lowest BCUT2D eigenvalue weighted by Crippen LogP contribution is -2.11. The molecule has 2 heterocycles. The van der Waals surface area contributed by atoms with Crippen molar-refractivity contribution in [2.75, 3.05) is 6.61 Å². The standard InChI is InChI=1S/C18H16ClFN2O/c19-13-5-3-6-14(20)12(13)11-22-16-8-2-1-7-15(16)21-18(22)17-9-4-10-23-17/h1-3,5-8,17H,4,9-11H2/t17-/m1/s1. The van der Waals surface area contributed by atoms with Gasteiger partial charge in [-0.3, -0.25) is 0 Å². The molecule has 118 valence electrons. The number of rotatable bonds is 3. The second kappa shape index (κ2) is 5.95. The quantitative estimate of drug-likeness (QED) is 0.694. The number of nitrogens with zero attached hydrogens (tertiary/aromatic N) is 2. The summed E-state index contributed by atoms with van der Waals surface area (Å²) >= 11 is 6.20. The van der Waals surface area contributed by atoms with Crippen molar-refractivity contribution in [3.8, 4) is 0 Å². The fourth-order valence-corrected chi connectivity index (χ4v) is 3.35. The van der Waals surface area contributed by atoms with Crippen molar-refractivity contribution in [2.45, 2.75) is 25.5 Å². The molecular formula is C18H16ClFN2O. The van der Waals surface area contributed by atoms with Crippen LogP contribution in [-0.2, 0) is 11.3 Å². The lowest BCUT2D eigenvalue weighted by atomic mass is 10.2. The highest BCUT2D eigenvalue weighted by molar-refractivity contribution is 6.31. The van der Waals surface area contributed by atoms with E-state index in [1.807, 2.05) is 28.8 Å². The van der Waals surface area contributed by atoms with Crippen LogP contribution < -0.4 is 0 Å². The van der Waals surface area contributed by atoms with E-state index in [1.165, 1.54) is 6.07 Å². The second-order valence-electron chi connectivity index (χ2n) is 5.75. The van der Waals surface area contributed by atoms with Gasteiger partial charge in [0.15, 0.2) is 0 Å². The van der Waals surface area contributed by atoms with E-state index in [2.05, 4.69) is 0 Å². The molecular weight excluding hydrogens is 315 g/mol. The summed E-state index contributed by atoms with van der Waals surface area (Å²) in [6.07, 6.45) is 1.93. The van der Waals surface area contributed by atoms with Crippen molar-refractivity contribution in [3.63, 3.8) is 0 Å². The van der Waals surface area contributed by atoms with Gasteiger partial charge in [-0.2, -0.15) is 0 Å². The molecule has 1 atom stereocenters. The molecule has 1 saturated heterocycles. The molecule has 2 aromatic carbocycles. The maximum absolute atomic E-state index is 14.2. The van der Waals surface area contributed by atoms with Gasteiger partial charge in [0, 0.05) is 17.2 Å². The molecule has 0 bridgehead atoms. The summed E-state index contributed by atoms with van der Waals surface area (Å²) in [5, 5.41) is 0.432. The maximum Gasteiger partial charge on any atom is 0.139 e. The van der Waals surface area contributed by atoms with Crippen LogP contribution in [0, 0.1) is 5.82 Å². The monoisotopic (exact) mass is 330 g/mol. The number of hydrogen-bond acceptors (Lipinski definition) is 2. The minimum absolute atomic E-state index is 0.0343. The molecule has 1 aliphatic rings. The van der Waals surface area contributed by atoms with E-state index in [4.69, 9.17) is 21.3 Å². The molecule has 0 radical (unpaired) electrons. The molecule has 0 unspecified atom stereocenters. The number of ether oxygens (including phenoxy) is 1. The fraction of sp³-hybridized carbons (Fsp3) is 0.278. The molecule has 3 nitrogen and oxygen atoms in total. The highest BCUT2D eigenvalue weighted by atomic mass is 35.5. The van der Waals surface area contributed by atoms with Crippen LogP contribution in [0.5, 0.6) is 0 Å². The van der Waals surface area contributed by atoms with Crippen molar-refractivity contribution in [1.29, 1.82) is 0 Å². The zero-order valence-electron chi connectivity index (χ0n) is 12.5. The van der Waals surface area contributed by atoms with Gasteiger partial charge >= 0.3 is 0 Å². The molecule has 0 saturated carbocycles. The Morgan fingerprint density at radius 2 is 2.09 bits per heavy atom. The van der Waals surface area contributed by atoms with Crippen LogP contribution in [0.25, 0.3) is 11.0 Å². The Balaban J connectivity index is 1.85. The Labute approximate surface area is 138 Å². The number of halogens is 2. The van der Waals surface area contributed by atoms with Crippen LogP contribution in [-0.4, -0.2) is 16.2 Å². The third-order valence-electron chi connectivity index (χ3n) is 4.28. The van der Waals surface area contributed by atoms with Crippen LogP contribution >= 0.6 is 11.6 Å². The number of imidazole rings is 1. The third kappa shape index (κ3) is 2.62. The Morgan fingerprint density at radius 3 is 2.87 bits per heavy atom. The average molecular weight is 331 g/mol. The number of aromatic nitrogens is 2. The summed E-state index contributed by atoms with van der Waals surface area (Å²) in [7, 11) is 0. The van der Waals surface area contributed by atoms with Crippen LogP contribution in [0.3, 0.4) is 0 Å². The number of hydrogen-bond donors (Lipinski definition) is 0. The molecule has 23 heavy (non-hydrogen) atoms. The summed E-state index contributed by atoms with van der Waals surface area (Å²) in [6, 6.07) is 12.6. The molecule has 0 aliphatic carbocycles. The molecule has 5 heteroatoms. The first kappa shape index (κ1) is 14.7. The van der Waals surface area contributed by atoms with Crippen LogP contribution in [0.4, 0.5) is 4.39 Å². The minimum atomic E-state index is -0.298. The van der Waals surface area contributed by atoms with E-state index in [0.29, 0.717) is 17.1 Å². The van der Waals surface area contributed by atoms with Gasteiger partial charge in [0.05, 0.1) is 17.6 Å². The van der Waals surface area contributed by atoms with Gasteiger partial charge in [-0.1, -0.05) is 29.8 Å². The smallest absolute Gasteiger partial charge is 0.139 e. The summed E-state index contributed by atoms with van der Waals surface area (Å²) in [5.41, 5.74) is 2.35. The molecule has 4 rings (SSSR count). The van der Waals surface area contributed by atoms with Crippen LogP contribution in [0.2, 0.25) is 5.02 Å². The summed E-state index contributed by atoms with van der Waals surface area (Å²) < 4.78 is 22.0. The topological polar surface area (TPSA) is 27.1 Å². The van der Waals surface area contributed by atoms with E-state index < -0.39 is 0 Å². The lowest BCUT2D eigenvalue weighted by Gasteiger charge is -2.15. The first-order valence-electron chi connectivity index (χ1n) is 7.73.